The van der Waals surface area contributed by atoms with Crippen LogP contribution in [0.1, 0.15) is 59.8 Å². The van der Waals surface area contributed by atoms with E-state index >= 15 is 0 Å². The van der Waals surface area contributed by atoms with Crippen LogP contribution in [0.4, 0.5) is 0 Å². The van der Waals surface area contributed by atoms with Gasteiger partial charge in [0, 0.05) is 6.04 Å². The van der Waals surface area contributed by atoms with E-state index in [0.717, 1.165) is 25.9 Å². The van der Waals surface area contributed by atoms with Crippen LogP contribution in [0.3, 0.4) is 0 Å². The molecule has 0 rings (SSSR count). The lowest BCUT2D eigenvalue weighted by atomic mass is 9.92. The average Bonchev–Trinajstić information content (AvgIpc) is 2.30. The maximum atomic E-state index is 11.5. The highest BCUT2D eigenvalue weighted by molar-refractivity contribution is 5.77. The third-order valence-corrected chi connectivity index (χ3v) is 3.70. The molecule has 0 bridgehead atoms. The van der Waals surface area contributed by atoms with Crippen molar-refractivity contribution in [2.45, 2.75) is 65.8 Å². The molecule has 17 heavy (non-hydrogen) atoms. The number of hydrogen-bond acceptors (Lipinski definition) is 2. The Morgan fingerprint density at radius 1 is 1.12 bits per heavy atom. The monoisotopic (exact) mass is 242 g/mol. The molecule has 102 valence electrons. The van der Waals surface area contributed by atoms with Gasteiger partial charge in [0.15, 0.2) is 0 Å². The second kappa shape index (κ2) is 9.46. The first-order valence-corrected chi connectivity index (χ1v) is 7.11. The standard InChI is InChI=1S/C14H30N2O/c1-5-8-9-10-11-13(14(15)17)12(4)16(6-2)7-3/h12-13H,5-11H2,1-4H3,(H2,15,17). The van der Waals surface area contributed by atoms with Crippen LogP contribution in [0, 0.1) is 5.92 Å². The van der Waals surface area contributed by atoms with Crippen LogP contribution in [0.15, 0.2) is 0 Å². The molecule has 0 heterocycles. The number of primary amides is 1. The molecule has 0 aromatic heterocycles. The van der Waals surface area contributed by atoms with Gasteiger partial charge in [-0.05, 0) is 26.4 Å². The van der Waals surface area contributed by atoms with Gasteiger partial charge in [-0.25, -0.2) is 0 Å². The highest BCUT2D eigenvalue weighted by Crippen LogP contribution is 2.18. The van der Waals surface area contributed by atoms with Crippen molar-refractivity contribution in [3.05, 3.63) is 0 Å². The summed E-state index contributed by atoms with van der Waals surface area (Å²) in [6.45, 7) is 10.6. The van der Waals surface area contributed by atoms with Crippen molar-refractivity contribution < 1.29 is 4.79 Å². The minimum atomic E-state index is -0.138. The summed E-state index contributed by atoms with van der Waals surface area (Å²) in [5, 5.41) is 0. The van der Waals surface area contributed by atoms with Gasteiger partial charge in [-0.2, -0.15) is 0 Å². The fraction of sp³-hybridized carbons (Fsp3) is 0.929. The number of carbonyl (C=O) groups is 1. The number of unbranched alkanes of at least 4 members (excludes halogenated alkanes) is 3. The van der Waals surface area contributed by atoms with Gasteiger partial charge in [0.1, 0.15) is 0 Å². The van der Waals surface area contributed by atoms with Crippen molar-refractivity contribution in [2.75, 3.05) is 13.1 Å². The highest BCUT2D eigenvalue weighted by atomic mass is 16.1. The first-order valence-electron chi connectivity index (χ1n) is 7.11. The SMILES string of the molecule is CCCCCCC(C(N)=O)C(C)N(CC)CC. The van der Waals surface area contributed by atoms with Crippen LogP contribution >= 0.6 is 0 Å². The molecule has 0 aromatic rings. The second-order valence-corrected chi connectivity index (χ2v) is 4.82. The van der Waals surface area contributed by atoms with Gasteiger partial charge in [0.25, 0.3) is 0 Å². The molecule has 0 aliphatic heterocycles. The van der Waals surface area contributed by atoms with Crippen LogP contribution in [-0.2, 0) is 4.79 Å². The summed E-state index contributed by atoms with van der Waals surface area (Å²) in [6, 6.07) is 0.268. The Morgan fingerprint density at radius 2 is 1.71 bits per heavy atom. The van der Waals surface area contributed by atoms with Crippen molar-refractivity contribution in [1.82, 2.24) is 4.90 Å². The summed E-state index contributed by atoms with van der Waals surface area (Å²) in [7, 11) is 0. The molecule has 0 aromatic carbocycles. The van der Waals surface area contributed by atoms with Gasteiger partial charge in [-0.15, -0.1) is 0 Å². The molecule has 3 nitrogen and oxygen atoms in total. The van der Waals surface area contributed by atoms with Crippen LogP contribution in [0.2, 0.25) is 0 Å². The number of amides is 1. The highest BCUT2D eigenvalue weighted by Gasteiger charge is 2.25. The summed E-state index contributed by atoms with van der Waals surface area (Å²) in [4.78, 5) is 13.9. The zero-order chi connectivity index (χ0) is 13.3. The van der Waals surface area contributed by atoms with Crippen LogP contribution < -0.4 is 5.73 Å². The van der Waals surface area contributed by atoms with E-state index in [9.17, 15) is 4.79 Å². The summed E-state index contributed by atoms with van der Waals surface area (Å²) < 4.78 is 0. The topological polar surface area (TPSA) is 46.3 Å². The molecule has 0 aliphatic rings. The van der Waals surface area contributed by atoms with Gasteiger partial charge in [-0.3, -0.25) is 4.79 Å². The zero-order valence-corrected chi connectivity index (χ0v) is 12.0. The number of nitrogens with two attached hydrogens (primary N) is 1. The average molecular weight is 242 g/mol. The predicted molar refractivity (Wildman–Crippen MR) is 73.8 cm³/mol. The Bertz CT molecular complexity index is 202. The van der Waals surface area contributed by atoms with Crippen molar-refractivity contribution in [3.63, 3.8) is 0 Å². The zero-order valence-electron chi connectivity index (χ0n) is 12.0. The molecule has 0 fully saturated rings. The van der Waals surface area contributed by atoms with Gasteiger partial charge in [-0.1, -0.05) is 46.5 Å². The maximum absolute atomic E-state index is 11.5. The van der Waals surface area contributed by atoms with Gasteiger partial charge >= 0.3 is 0 Å². The summed E-state index contributed by atoms with van der Waals surface area (Å²) in [5.74, 6) is -0.132. The molecule has 2 atom stereocenters. The van der Waals surface area contributed by atoms with E-state index in [1.54, 1.807) is 0 Å². The van der Waals surface area contributed by atoms with Crippen molar-refractivity contribution in [1.29, 1.82) is 0 Å². The first-order chi connectivity index (χ1) is 8.08. The number of hydrogen-bond donors (Lipinski definition) is 1. The first kappa shape index (κ1) is 16.4. The maximum Gasteiger partial charge on any atom is 0.222 e. The number of nitrogens with zero attached hydrogens (tertiary/aromatic N) is 1. The van der Waals surface area contributed by atoms with E-state index in [0.29, 0.717) is 0 Å². The van der Waals surface area contributed by atoms with Gasteiger partial charge < -0.3 is 10.6 Å². The Hall–Kier alpha value is -0.570. The quantitative estimate of drug-likeness (QED) is 0.599. The molecule has 0 spiro atoms. The third-order valence-electron chi connectivity index (χ3n) is 3.70. The Labute approximate surface area is 107 Å². The Morgan fingerprint density at radius 3 is 2.12 bits per heavy atom. The summed E-state index contributed by atoms with van der Waals surface area (Å²) in [6.07, 6.45) is 5.75. The van der Waals surface area contributed by atoms with Crippen molar-refractivity contribution in [2.24, 2.45) is 11.7 Å². The second-order valence-electron chi connectivity index (χ2n) is 4.82. The molecule has 2 N–H and O–H groups in total. The van der Waals surface area contributed by atoms with E-state index in [-0.39, 0.29) is 17.9 Å². The van der Waals surface area contributed by atoms with E-state index in [2.05, 4.69) is 32.6 Å². The smallest absolute Gasteiger partial charge is 0.222 e. The lowest BCUT2D eigenvalue weighted by Crippen LogP contribution is -2.43. The molecule has 2 unspecified atom stereocenters. The van der Waals surface area contributed by atoms with Gasteiger partial charge in [0.2, 0.25) is 5.91 Å². The fourth-order valence-corrected chi connectivity index (χ4v) is 2.47. The number of rotatable bonds is 10. The normalized spacial score (nSPS) is 14.9. The molecule has 0 saturated heterocycles. The predicted octanol–water partition coefficient (Wildman–Crippen LogP) is 2.79. The van der Waals surface area contributed by atoms with E-state index < -0.39 is 0 Å². The molecular weight excluding hydrogens is 212 g/mol. The fourth-order valence-electron chi connectivity index (χ4n) is 2.47. The van der Waals surface area contributed by atoms with Crippen LogP contribution in [-0.4, -0.2) is 29.9 Å². The molecular formula is C14H30N2O. The number of carbonyl (C=O) groups excluding carboxylic acids is 1. The molecule has 1 amide bonds. The molecule has 0 saturated carbocycles. The summed E-state index contributed by atoms with van der Waals surface area (Å²) >= 11 is 0. The van der Waals surface area contributed by atoms with E-state index in [4.69, 9.17) is 5.73 Å². The van der Waals surface area contributed by atoms with Crippen molar-refractivity contribution in [3.8, 4) is 0 Å². The van der Waals surface area contributed by atoms with Gasteiger partial charge in [0.05, 0.1) is 5.92 Å². The molecule has 0 aliphatic carbocycles. The Kier molecular flexibility index (Phi) is 9.14. The lowest BCUT2D eigenvalue weighted by molar-refractivity contribution is -0.124. The summed E-state index contributed by atoms with van der Waals surface area (Å²) in [5.41, 5.74) is 5.53. The minimum absolute atomic E-state index is 0.00626. The van der Waals surface area contributed by atoms with Crippen LogP contribution in [0.5, 0.6) is 0 Å². The Balaban J connectivity index is 4.25. The molecule has 3 heteroatoms. The van der Waals surface area contributed by atoms with Crippen molar-refractivity contribution >= 4 is 5.91 Å². The largest absolute Gasteiger partial charge is 0.369 e. The van der Waals surface area contributed by atoms with Crippen LogP contribution in [0.25, 0.3) is 0 Å². The lowest BCUT2D eigenvalue weighted by Gasteiger charge is -2.31. The van der Waals surface area contributed by atoms with E-state index in [1.807, 2.05) is 0 Å². The minimum Gasteiger partial charge on any atom is -0.369 e. The third kappa shape index (κ3) is 6.06. The molecule has 0 radical (unpaired) electrons. The van der Waals surface area contributed by atoms with E-state index in [1.165, 1.54) is 19.3 Å².